The summed E-state index contributed by atoms with van der Waals surface area (Å²) >= 11 is 0. The number of ether oxygens (including phenoxy) is 1. The molecule has 2 unspecified atom stereocenters. The first kappa shape index (κ1) is 18.6. The second-order valence-electron chi connectivity index (χ2n) is 6.29. The molecule has 142 valence electrons. The van der Waals surface area contributed by atoms with Crippen LogP contribution in [0.15, 0.2) is 36.4 Å². The predicted molar refractivity (Wildman–Crippen MR) is 94.5 cm³/mol. The zero-order valence-corrected chi connectivity index (χ0v) is 14.5. The number of carbonyl (C=O) groups excluding carboxylic acids is 2. The van der Waals surface area contributed by atoms with Gasteiger partial charge >= 0.3 is 5.97 Å². The van der Waals surface area contributed by atoms with E-state index in [4.69, 9.17) is 10.5 Å². The van der Waals surface area contributed by atoms with Crippen LogP contribution >= 0.6 is 0 Å². The van der Waals surface area contributed by atoms with E-state index in [1.807, 2.05) is 0 Å². The standard InChI is InChI=1S/C18H20N4O5/c19-16(23)14-9-13(21-22(14)12-6-2-1-3-7-12)17(24)20-15(18(25)26)11-5-4-8-27-10-11/h1-3,6-7,9,11,15H,4-5,8,10H2,(H2,19,23)(H,20,24)(H,25,26). The third-order valence-corrected chi connectivity index (χ3v) is 4.41. The van der Waals surface area contributed by atoms with Gasteiger partial charge in [0.15, 0.2) is 5.69 Å². The van der Waals surface area contributed by atoms with Crippen LogP contribution in [0.3, 0.4) is 0 Å². The highest BCUT2D eigenvalue weighted by Crippen LogP contribution is 2.19. The Hall–Kier alpha value is -3.20. The second-order valence-corrected chi connectivity index (χ2v) is 6.29. The van der Waals surface area contributed by atoms with Crippen molar-refractivity contribution >= 4 is 17.8 Å². The molecule has 1 fully saturated rings. The van der Waals surface area contributed by atoms with Crippen molar-refractivity contribution in [3.05, 3.63) is 47.8 Å². The number of nitrogens with two attached hydrogens (primary N) is 1. The molecule has 0 radical (unpaired) electrons. The molecule has 1 aromatic heterocycles. The number of para-hydroxylation sites is 1. The number of amides is 2. The van der Waals surface area contributed by atoms with Gasteiger partial charge in [-0.2, -0.15) is 5.10 Å². The Labute approximate surface area is 155 Å². The van der Waals surface area contributed by atoms with Crippen LogP contribution in [0.4, 0.5) is 0 Å². The zero-order valence-electron chi connectivity index (χ0n) is 14.5. The number of benzene rings is 1. The summed E-state index contributed by atoms with van der Waals surface area (Å²) in [5.41, 5.74) is 5.89. The highest BCUT2D eigenvalue weighted by atomic mass is 16.5. The first-order valence-electron chi connectivity index (χ1n) is 8.54. The van der Waals surface area contributed by atoms with Crippen LogP contribution in [-0.2, 0) is 9.53 Å². The monoisotopic (exact) mass is 372 g/mol. The van der Waals surface area contributed by atoms with E-state index in [0.29, 0.717) is 18.7 Å². The minimum Gasteiger partial charge on any atom is -0.480 e. The summed E-state index contributed by atoms with van der Waals surface area (Å²) < 4.78 is 6.58. The van der Waals surface area contributed by atoms with Crippen molar-refractivity contribution in [1.29, 1.82) is 0 Å². The van der Waals surface area contributed by atoms with Crippen LogP contribution in [-0.4, -0.2) is 51.9 Å². The summed E-state index contributed by atoms with van der Waals surface area (Å²) in [4.78, 5) is 35.9. The first-order chi connectivity index (χ1) is 13.0. The number of hydrogen-bond donors (Lipinski definition) is 3. The minimum absolute atomic E-state index is 0.0271. The molecule has 1 aromatic carbocycles. The molecule has 1 aliphatic rings. The van der Waals surface area contributed by atoms with Gasteiger partial charge in [-0.25, -0.2) is 9.48 Å². The Kier molecular flexibility index (Phi) is 5.51. The number of hydrogen-bond acceptors (Lipinski definition) is 5. The van der Waals surface area contributed by atoms with Crippen LogP contribution in [0.1, 0.15) is 33.8 Å². The van der Waals surface area contributed by atoms with Crippen molar-refractivity contribution in [2.75, 3.05) is 13.2 Å². The largest absolute Gasteiger partial charge is 0.480 e. The number of carboxylic acids is 1. The van der Waals surface area contributed by atoms with Gasteiger partial charge in [-0.15, -0.1) is 0 Å². The molecule has 1 saturated heterocycles. The van der Waals surface area contributed by atoms with Crippen molar-refractivity contribution < 1.29 is 24.2 Å². The lowest BCUT2D eigenvalue weighted by atomic mass is 9.93. The molecular formula is C18H20N4O5. The van der Waals surface area contributed by atoms with Gasteiger partial charge in [-0.3, -0.25) is 9.59 Å². The van der Waals surface area contributed by atoms with Crippen molar-refractivity contribution in [2.45, 2.75) is 18.9 Å². The number of nitrogens with one attached hydrogen (secondary N) is 1. The molecule has 0 aliphatic carbocycles. The molecule has 2 atom stereocenters. The molecule has 0 spiro atoms. The maximum Gasteiger partial charge on any atom is 0.326 e. The van der Waals surface area contributed by atoms with Gasteiger partial charge in [-0.1, -0.05) is 18.2 Å². The van der Waals surface area contributed by atoms with Gasteiger partial charge in [0.2, 0.25) is 0 Å². The van der Waals surface area contributed by atoms with Crippen molar-refractivity contribution in [3.63, 3.8) is 0 Å². The van der Waals surface area contributed by atoms with E-state index >= 15 is 0 Å². The zero-order chi connectivity index (χ0) is 19.4. The summed E-state index contributed by atoms with van der Waals surface area (Å²) in [5.74, 6) is -2.91. The van der Waals surface area contributed by atoms with E-state index < -0.39 is 23.8 Å². The van der Waals surface area contributed by atoms with Gasteiger partial charge < -0.3 is 20.9 Å². The molecule has 3 rings (SSSR count). The number of carbonyl (C=O) groups is 3. The van der Waals surface area contributed by atoms with Gasteiger partial charge in [0, 0.05) is 18.6 Å². The van der Waals surface area contributed by atoms with E-state index in [0.717, 1.165) is 6.42 Å². The summed E-state index contributed by atoms with van der Waals surface area (Å²) in [5, 5.41) is 16.1. The van der Waals surface area contributed by atoms with Crippen LogP contribution < -0.4 is 11.1 Å². The highest BCUT2D eigenvalue weighted by molar-refractivity contribution is 5.99. The van der Waals surface area contributed by atoms with Crippen LogP contribution in [0.5, 0.6) is 0 Å². The Balaban J connectivity index is 1.85. The SMILES string of the molecule is NC(=O)c1cc(C(=O)NC(C(=O)O)C2CCCOC2)nn1-c1ccccc1. The van der Waals surface area contributed by atoms with Crippen LogP contribution in [0, 0.1) is 5.92 Å². The van der Waals surface area contributed by atoms with Crippen molar-refractivity contribution in [2.24, 2.45) is 11.7 Å². The molecule has 2 aromatic rings. The van der Waals surface area contributed by atoms with Gasteiger partial charge in [-0.05, 0) is 25.0 Å². The average Bonchev–Trinajstić information content (AvgIpc) is 3.13. The first-order valence-corrected chi connectivity index (χ1v) is 8.54. The molecular weight excluding hydrogens is 352 g/mol. The topological polar surface area (TPSA) is 137 Å². The van der Waals surface area contributed by atoms with E-state index in [-0.39, 0.29) is 23.9 Å². The molecule has 9 nitrogen and oxygen atoms in total. The minimum atomic E-state index is -1.14. The number of aliphatic carboxylic acids is 1. The lowest BCUT2D eigenvalue weighted by Crippen LogP contribution is -2.48. The van der Waals surface area contributed by atoms with Gasteiger partial charge in [0.25, 0.3) is 11.8 Å². The molecule has 2 heterocycles. The smallest absolute Gasteiger partial charge is 0.326 e. The van der Waals surface area contributed by atoms with E-state index in [9.17, 15) is 19.5 Å². The number of primary amides is 1. The molecule has 9 heteroatoms. The van der Waals surface area contributed by atoms with Crippen molar-refractivity contribution in [3.8, 4) is 5.69 Å². The Morgan fingerprint density at radius 2 is 2.04 bits per heavy atom. The molecule has 2 amide bonds. The molecule has 27 heavy (non-hydrogen) atoms. The van der Waals surface area contributed by atoms with Crippen LogP contribution in [0.2, 0.25) is 0 Å². The summed E-state index contributed by atoms with van der Waals surface area (Å²) in [6.07, 6.45) is 1.38. The maximum atomic E-state index is 12.6. The van der Waals surface area contributed by atoms with Crippen molar-refractivity contribution in [1.82, 2.24) is 15.1 Å². The lowest BCUT2D eigenvalue weighted by Gasteiger charge is -2.27. The number of nitrogens with zero attached hydrogens (tertiary/aromatic N) is 2. The van der Waals surface area contributed by atoms with Crippen LogP contribution in [0.25, 0.3) is 5.69 Å². The number of aromatic nitrogens is 2. The maximum absolute atomic E-state index is 12.6. The fraction of sp³-hybridized carbons (Fsp3) is 0.333. The fourth-order valence-corrected chi connectivity index (χ4v) is 3.06. The molecule has 4 N–H and O–H groups in total. The molecule has 1 aliphatic heterocycles. The number of rotatable bonds is 6. The average molecular weight is 372 g/mol. The second kappa shape index (κ2) is 8.00. The Bertz CT molecular complexity index is 843. The highest BCUT2D eigenvalue weighted by Gasteiger charge is 2.32. The number of carboxylic acid groups (broad SMARTS) is 1. The Morgan fingerprint density at radius 1 is 1.30 bits per heavy atom. The quantitative estimate of drug-likeness (QED) is 0.678. The van der Waals surface area contributed by atoms with E-state index in [1.165, 1.54) is 10.7 Å². The molecule has 0 saturated carbocycles. The van der Waals surface area contributed by atoms with E-state index in [1.54, 1.807) is 30.3 Å². The fourth-order valence-electron chi connectivity index (χ4n) is 3.06. The summed E-state index contributed by atoms with van der Waals surface area (Å²) in [7, 11) is 0. The lowest BCUT2D eigenvalue weighted by molar-refractivity contribution is -0.142. The third kappa shape index (κ3) is 4.14. The normalized spacial score (nSPS) is 17.9. The predicted octanol–water partition coefficient (Wildman–Crippen LogP) is 0.581. The Morgan fingerprint density at radius 3 is 2.63 bits per heavy atom. The van der Waals surface area contributed by atoms with E-state index in [2.05, 4.69) is 10.4 Å². The molecule has 0 bridgehead atoms. The third-order valence-electron chi connectivity index (χ3n) is 4.41. The van der Waals surface area contributed by atoms with Gasteiger partial charge in [0.05, 0.1) is 12.3 Å². The van der Waals surface area contributed by atoms with Gasteiger partial charge in [0.1, 0.15) is 11.7 Å². The summed E-state index contributed by atoms with van der Waals surface area (Å²) in [6, 6.07) is 8.88. The summed E-state index contributed by atoms with van der Waals surface area (Å²) in [6.45, 7) is 0.850.